The highest BCUT2D eigenvalue weighted by Crippen LogP contribution is 2.32. The van der Waals surface area contributed by atoms with Crippen molar-refractivity contribution in [3.05, 3.63) is 68.3 Å². The molecule has 2 aromatic carbocycles. The molecule has 152 valence electrons. The number of carbonyl (C=O) groups is 1. The van der Waals surface area contributed by atoms with Crippen LogP contribution in [0, 0.1) is 13.8 Å². The molecule has 0 aliphatic rings. The Morgan fingerprint density at radius 2 is 1.62 bits per heavy atom. The molecule has 0 fully saturated rings. The van der Waals surface area contributed by atoms with Crippen molar-refractivity contribution in [3.63, 3.8) is 0 Å². The molecule has 1 aromatic heterocycles. The van der Waals surface area contributed by atoms with Gasteiger partial charge in [0, 0.05) is 11.3 Å². The number of amides is 1. The van der Waals surface area contributed by atoms with Gasteiger partial charge < -0.3 is 9.84 Å². The van der Waals surface area contributed by atoms with Crippen molar-refractivity contribution in [1.82, 2.24) is 5.16 Å². The number of aryl methyl sites for hydroxylation is 1. The summed E-state index contributed by atoms with van der Waals surface area (Å²) in [5.74, 6) is -0.533. The second kappa shape index (κ2) is 8.23. The summed E-state index contributed by atoms with van der Waals surface area (Å²) >= 11 is 18.0. The van der Waals surface area contributed by atoms with Crippen LogP contribution in [0.15, 0.2) is 45.8 Å². The Hall–Kier alpha value is -2.26. The normalized spacial score (nSPS) is 11.3. The standard InChI is InChI=1S/C18H14Cl3N3O4S/c1-9-10(2)23-28-18(9)24-29(26,27)12-5-3-11(4-6-12)22-17(25)15-13(19)7-8-14(20)16(15)21/h3-8,24H,1-2H3,(H,22,25). The molecule has 0 bridgehead atoms. The van der Waals surface area contributed by atoms with Crippen LogP contribution >= 0.6 is 34.8 Å². The Balaban J connectivity index is 1.79. The third-order valence-corrected chi connectivity index (χ3v) is 6.54. The smallest absolute Gasteiger partial charge is 0.264 e. The van der Waals surface area contributed by atoms with Gasteiger partial charge in [-0.3, -0.25) is 4.79 Å². The second-order valence-corrected chi connectivity index (χ2v) is 8.90. The minimum Gasteiger partial charge on any atom is -0.337 e. The predicted octanol–water partition coefficient (Wildman–Crippen LogP) is 5.30. The van der Waals surface area contributed by atoms with Gasteiger partial charge in [0.25, 0.3) is 15.9 Å². The highest BCUT2D eigenvalue weighted by atomic mass is 35.5. The monoisotopic (exact) mass is 473 g/mol. The quantitative estimate of drug-likeness (QED) is 0.488. The summed E-state index contributed by atoms with van der Waals surface area (Å²) in [7, 11) is -3.90. The summed E-state index contributed by atoms with van der Waals surface area (Å²) in [4.78, 5) is 12.5. The van der Waals surface area contributed by atoms with E-state index >= 15 is 0 Å². The van der Waals surface area contributed by atoms with Gasteiger partial charge in [0.05, 0.1) is 31.2 Å². The van der Waals surface area contributed by atoms with Gasteiger partial charge in [-0.05, 0) is 50.2 Å². The van der Waals surface area contributed by atoms with E-state index in [9.17, 15) is 13.2 Å². The summed E-state index contributed by atoms with van der Waals surface area (Å²) in [5, 5.41) is 6.66. The van der Waals surface area contributed by atoms with Crippen LogP contribution in [0.2, 0.25) is 15.1 Å². The summed E-state index contributed by atoms with van der Waals surface area (Å²) in [5.41, 5.74) is 1.54. The molecule has 0 radical (unpaired) electrons. The SMILES string of the molecule is Cc1noc(NS(=O)(=O)c2ccc(NC(=O)c3c(Cl)ccc(Cl)c3Cl)cc2)c1C. The number of halogens is 3. The van der Waals surface area contributed by atoms with E-state index in [1.807, 2.05) is 0 Å². The van der Waals surface area contributed by atoms with Gasteiger partial charge in [0.2, 0.25) is 5.88 Å². The number of benzene rings is 2. The van der Waals surface area contributed by atoms with Crippen LogP contribution in [0.25, 0.3) is 0 Å². The lowest BCUT2D eigenvalue weighted by atomic mass is 10.2. The Kier molecular flexibility index (Phi) is 6.09. The second-order valence-electron chi connectivity index (χ2n) is 6.02. The van der Waals surface area contributed by atoms with Crippen LogP contribution < -0.4 is 10.0 Å². The molecular formula is C18H14Cl3N3O4S. The molecule has 0 saturated heterocycles. The fourth-order valence-electron chi connectivity index (χ4n) is 2.34. The number of hydrogen-bond acceptors (Lipinski definition) is 5. The number of aromatic nitrogens is 1. The summed E-state index contributed by atoms with van der Waals surface area (Å²) in [6, 6.07) is 8.45. The number of nitrogens with one attached hydrogen (secondary N) is 2. The van der Waals surface area contributed by atoms with Crippen LogP contribution in [0.4, 0.5) is 11.6 Å². The zero-order chi connectivity index (χ0) is 21.3. The third kappa shape index (κ3) is 4.51. The summed E-state index contributed by atoms with van der Waals surface area (Å²) in [6.45, 7) is 3.39. The Morgan fingerprint density at radius 3 is 2.21 bits per heavy atom. The lowest BCUT2D eigenvalue weighted by Gasteiger charge is -2.10. The molecule has 0 saturated carbocycles. The van der Waals surface area contributed by atoms with E-state index < -0.39 is 15.9 Å². The maximum absolute atomic E-state index is 12.5. The van der Waals surface area contributed by atoms with Crippen molar-refractivity contribution < 1.29 is 17.7 Å². The molecule has 0 unspecified atom stereocenters. The predicted molar refractivity (Wildman–Crippen MR) is 113 cm³/mol. The van der Waals surface area contributed by atoms with E-state index in [2.05, 4.69) is 15.2 Å². The molecule has 1 amide bonds. The van der Waals surface area contributed by atoms with E-state index in [0.29, 0.717) is 16.9 Å². The van der Waals surface area contributed by atoms with Crippen LogP contribution in [0.3, 0.4) is 0 Å². The maximum atomic E-state index is 12.5. The molecule has 0 aliphatic heterocycles. The largest absolute Gasteiger partial charge is 0.337 e. The Labute approximate surface area is 182 Å². The Morgan fingerprint density at radius 1 is 1.00 bits per heavy atom. The van der Waals surface area contributed by atoms with Crippen molar-refractivity contribution in [3.8, 4) is 0 Å². The lowest BCUT2D eigenvalue weighted by Crippen LogP contribution is -2.15. The first-order valence-electron chi connectivity index (χ1n) is 8.11. The molecule has 7 nitrogen and oxygen atoms in total. The fourth-order valence-corrected chi connectivity index (χ4v) is 4.08. The van der Waals surface area contributed by atoms with Crippen LogP contribution in [-0.2, 0) is 10.0 Å². The van der Waals surface area contributed by atoms with Crippen LogP contribution in [0.1, 0.15) is 21.6 Å². The van der Waals surface area contributed by atoms with Crippen molar-refractivity contribution in [1.29, 1.82) is 0 Å². The molecule has 2 N–H and O–H groups in total. The minimum atomic E-state index is -3.90. The van der Waals surface area contributed by atoms with Gasteiger partial charge in [0.15, 0.2) is 0 Å². The van der Waals surface area contributed by atoms with Crippen molar-refractivity contribution in [2.45, 2.75) is 18.7 Å². The first-order chi connectivity index (χ1) is 13.6. The number of anilines is 2. The van der Waals surface area contributed by atoms with Crippen molar-refractivity contribution >= 4 is 62.3 Å². The average Bonchev–Trinajstić information content (AvgIpc) is 2.97. The third-order valence-electron chi connectivity index (χ3n) is 4.08. The number of nitrogens with zero attached hydrogens (tertiary/aromatic N) is 1. The number of sulfonamides is 1. The van der Waals surface area contributed by atoms with E-state index in [1.165, 1.54) is 36.4 Å². The molecule has 11 heteroatoms. The van der Waals surface area contributed by atoms with Gasteiger partial charge in [-0.2, -0.15) is 0 Å². The lowest BCUT2D eigenvalue weighted by molar-refractivity contribution is 0.102. The minimum absolute atomic E-state index is 0.0235. The Bertz CT molecular complexity index is 1190. The zero-order valence-corrected chi connectivity index (χ0v) is 18.2. The molecule has 0 spiro atoms. The van der Waals surface area contributed by atoms with Gasteiger partial charge >= 0.3 is 0 Å². The molecule has 0 atom stereocenters. The van der Waals surface area contributed by atoms with E-state index in [-0.39, 0.29) is 31.4 Å². The van der Waals surface area contributed by atoms with Gasteiger partial charge in [0.1, 0.15) is 0 Å². The zero-order valence-electron chi connectivity index (χ0n) is 15.1. The molecule has 0 aliphatic carbocycles. The molecule has 3 aromatic rings. The molecule has 3 rings (SSSR count). The van der Waals surface area contributed by atoms with Gasteiger partial charge in [-0.1, -0.05) is 40.0 Å². The summed E-state index contributed by atoms with van der Waals surface area (Å²) < 4.78 is 32.3. The number of rotatable bonds is 5. The van der Waals surface area contributed by atoms with E-state index in [4.69, 9.17) is 39.3 Å². The van der Waals surface area contributed by atoms with E-state index in [1.54, 1.807) is 13.8 Å². The first kappa shape index (κ1) is 21.4. The van der Waals surface area contributed by atoms with Crippen LogP contribution in [0.5, 0.6) is 0 Å². The maximum Gasteiger partial charge on any atom is 0.264 e. The van der Waals surface area contributed by atoms with Crippen molar-refractivity contribution in [2.75, 3.05) is 10.0 Å². The fraction of sp³-hybridized carbons (Fsp3) is 0.111. The number of carbonyl (C=O) groups excluding carboxylic acids is 1. The van der Waals surface area contributed by atoms with E-state index in [0.717, 1.165) is 0 Å². The van der Waals surface area contributed by atoms with Crippen LogP contribution in [-0.4, -0.2) is 19.5 Å². The number of hydrogen-bond donors (Lipinski definition) is 2. The molecular weight excluding hydrogens is 461 g/mol. The summed E-state index contributed by atoms with van der Waals surface area (Å²) in [6.07, 6.45) is 0. The average molecular weight is 475 g/mol. The van der Waals surface area contributed by atoms with Gasteiger partial charge in [-0.25, -0.2) is 13.1 Å². The van der Waals surface area contributed by atoms with Gasteiger partial charge in [-0.15, -0.1) is 0 Å². The van der Waals surface area contributed by atoms with Crippen molar-refractivity contribution in [2.24, 2.45) is 0 Å². The molecule has 29 heavy (non-hydrogen) atoms. The highest BCUT2D eigenvalue weighted by Gasteiger charge is 2.20. The highest BCUT2D eigenvalue weighted by molar-refractivity contribution is 7.92. The topological polar surface area (TPSA) is 101 Å². The molecule has 1 heterocycles. The first-order valence-corrected chi connectivity index (χ1v) is 10.7.